The maximum atomic E-state index is 10.6. The molecule has 1 aromatic rings. The van der Waals surface area contributed by atoms with E-state index in [1.165, 1.54) is 18.3 Å². The number of nitrogens with one attached hydrogen (secondary N) is 1. The highest BCUT2D eigenvalue weighted by molar-refractivity contribution is 7.16. The van der Waals surface area contributed by atoms with E-state index in [2.05, 4.69) is 5.32 Å². The lowest BCUT2D eigenvalue weighted by Crippen LogP contribution is -2.27. The van der Waals surface area contributed by atoms with E-state index in [9.17, 15) is 15.0 Å². The molecule has 0 aliphatic rings. The average molecular weight is 264 g/mol. The highest BCUT2D eigenvalue weighted by Crippen LogP contribution is 2.29. The Morgan fingerprint density at radius 1 is 1.56 bits per heavy atom. The highest BCUT2D eigenvalue weighted by Gasteiger charge is 2.19. The van der Waals surface area contributed by atoms with Crippen molar-refractivity contribution in [2.75, 3.05) is 6.54 Å². The van der Waals surface area contributed by atoms with E-state index in [0.717, 1.165) is 0 Å². The van der Waals surface area contributed by atoms with Gasteiger partial charge < -0.3 is 15.5 Å². The zero-order valence-electron chi connectivity index (χ0n) is 8.81. The molecule has 90 valence electrons. The van der Waals surface area contributed by atoms with Gasteiger partial charge in [0.2, 0.25) is 5.91 Å². The minimum absolute atomic E-state index is 0.152. The smallest absolute Gasteiger partial charge is 0.216 e. The fourth-order valence-corrected chi connectivity index (χ4v) is 2.34. The van der Waals surface area contributed by atoms with E-state index in [1.807, 2.05) is 0 Å². The Morgan fingerprint density at radius 2 is 2.25 bits per heavy atom. The Kier molecular flexibility index (Phi) is 5.21. The van der Waals surface area contributed by atoms with Crippen LogP contribution < -0.4 is 5.32 Å². The molecule has 0 aliphatic carbocycles. The van der Waals surface area contributed by atoms with Gasteiger partial charge in [-0.2, -0.15) is 0 Å². The molecule has 0 bridgehead atoms. The Hall–Kier alpha value is -0.620. The lowest BCUT2D eigenvalue weighted by atomic mass is 10.1. The molecule has 0 aliphatic heterocycles. The number of hydrogen-bond donors (Lipinski definition) is 3. The molecule has 6 heteroatoms. The van der Waals surface area contributed by atoms with Crippen molar-refractivity contribution in [2.24, 2.45) is 0 Å². The van der Waals surface area contributed by atoms with Gasteiger partial charge in [-0.15, -0.1) is 11.3 Å². The summed E-state index contributed by atoms with van der Waals surface area (Å²) in [5, 5.41) is 22.0. The lowest BCUT2D eigenvalue weighted by molar-refractivity contribution is -0.119. The zero-order valence-corrected chi connectivity index (χ0v) is 10.4. The van der Waals surface area contributed by atoms with Crippen LogP contribution in [0.1, 0.15) is 24.3 Å². The van der Waals surface area contributed by atoms with Crippen LogP contribution in [0.3, 0.4) is 0 Å². The summed E-state index contributed by atoms with van der Waals surface area (Å²) in [5.74, 6) is -0.152. The molecule has 1 aromatic heterocycles. The molecule has 16 heavy (non-hydrogen) atoms. The lowest BCUT2D eigenvalue weighted by Gasteiger charge is -2.16. The molecular formula is C10H14ClNO3S. The van der Waals surface area contributed by atoms with Crippen molar-refractivity contribution in [1.29, 1.82) is 0 Å². The number of aliphatic hydroxyl groups is 2. The molecular weight excluding hydrogens is 250 g/mol. The Bertz CT molecular complexity index is 356. The van der Waals surface area contributed by atoms with Gasteiger partial charge in [0.25, 0.3) is 0 Å². The number of aliphatic hydroxyl groups excluding tert-OH is 2. The van der Waals surface area contributed by atoms with Crippen LogP contribution >= 0.6 is 22.9 Å². The van der Waals surface area contributed by atoms with Crippen LogP contribution in [-0.4, -0.2) is 28.8 Å². The molecule has 3 N–H and O–H groups in total. The van der Waals surface area contributed by atoms with E-state index in [1.54, 1.807) is 12.1 Å². The molecule has 0 saturated carbocycles. The van der Waals surface area contributed by atoms with Gasteiger partial charge in [0.1, 0.15) is 6.10 Å². The molecule has 0 fully saturated rings. The van der Waals surface area contributed by atoms with Gasteiger partial charge in [-0.05, 0) is 18.6 Å². The van der Waals surface area contributed by atoms with Crippen molar-refractivity contribution in [3.05, 3.63) is 21.3 Å². The van der Waals surface area contributed by atoms with Gasteiger partial charge in [0, 0.05) is 18.3 Å². The number of carbonyl (C=O) groups excluding carboxylic acids is 1. The third kappa shape index (κ3) is 4.09. The summed E-state index contributed by atoms with van der Waals surface area (Å²) in [6.07, 6.45) is -1.55. The summed E-state index contributed by atoms with van der Waals surface area (Å²) < 4.78 is 0.572. The summed E-state index contributed by atoms with van der Waals surface area (Å²) in [5.41, 5.74) is 0. The molecule has 0 saturated heterocycles. The highest BCUT2D eigenvalue weighted by atomic mass is 35.5. The van der Waals surface area contributed by atoms with Crippen molar-refractivity contribution in [1.82, 2.24) is 5.32 Å². The first-order valence-electron chi connectivity index (χ1n) is 4.86. The van der Waals surface area contributed by atoms with Crippen molar-refractivity contribution < 1.29 is 15.0 Å². The third-order valence-corrected chi connectivity index (χ3v) is 3.37. The van der Waals surface area contributed by atoms with Crippen molar-refractivity contribution in [3.63, 3.8) is 0 Å². The maximum absolute atomic E-state index is 10.6. The van der Waals surface area contributed by atoms with Crippen molar-refractivity contribution in [3.8, 4) is 0 Å². The van der Waals surface area contributed by atoms with Gasteiger partial charge in [0.05, 0.1) is 10.4 Å². The van der Waals surface area contributed by atoms with Gasteiger partial charge in [0.15, 0.2) is 0 Å². The van der Waals surface area contributed by atoms with Gasteiger partial charge in [-0.3, -0.25) is 4.79 Å². The van der Waals surface area contributed by atoms with Gasteiger partial charge >= 0.3 is 0 Å². The minimum atomic E-state index is -0.953. The topological polar surface area (TPSA) is 69.6 Å². The monoisotopic (exact) mass is 263 g/mol. The predicted molar refractivity (Wildman–Crippen MR) is 63.6 cm³/mol. The fraction of sp³-hybridized carbons (Fsp3) is 0.500. The normalized spacial score (nSPS) is 14.5. The molecule has 0 spiro atoms. The van der Waals surface area contributed by atoms with Crippen LogP contribution in [0, 0.1) is 0 Å². The Balaban J connectivity index is 2.41. The molecule has 2 atom stereocenters. The maximum Gasteiger partial charge on any atom is 0.216 e. The number of hydrogen-bond acceptors (Lipinski definition) is 4. The second kappa shape index (κ2) is 6.20. The Morgan fingerprint density at radius 3 is 2.75 bits per heavy atom. The van der Waals surface area contributed by atoms with E-state index in [0.29, 0.717) is 22.2 Å². The number of rotatable bonds is 5. The summed E-state index contributed by atoms with van der Waals surface area (Å²) in [7, 11) is 0. The van der Waals surface area contributed by atoms with E-state index >= 15 is 0 Å². The second-order valence-electron chi connectivity index (χ2n) is 3.43. The van der Waals surface area contributed by atoms with Gasteiger partial charge in [-0.25, -0.2) is 0 Å². The molecule has 1 rings (SSSR count). The first-order valence-corrected chi connectivity index (χ1v) is 6.06. The SMILES string of the molecule is CC(=O)NCCC(O)C(O)c1ccc(Cl)s1. The fourth-order valence-electron chi connectivity index (χ4n) is 1.23. The van der Waals surface area contributed by atoms with Crippen LogP contribution in [0.2, 0.25) is 4.34 Å². The van der Waals surface area contributed by atoms with Gasteiger partial charge in [-0.1, -0.05) is 11.6 Å². The van der Waals surface area contributed by atoms with E-state index in [-0.39, 0.29) is 5.91 Å². The van der Waals surface area contributed by atoms with Crippen LogP contribution in [0.25, 0.3) is 0 Å². The quantitative estimate of drug-likeness (QED) is 0.751. The largest absolute Gasteiger partial charge is 0.390 e. The second-order valence-corrected chi connectivity index (χ2v) is 5.17. The Labute approximate surface area is 103 Å². The van der Waals surface area contributed by atoms with E-state index in [4.69, 9.17) is 11.6 Å². The summed E-state index contributed by atoms with van der Waals surface area (Å²) >= 11 is 6.96. The van der Waals surface area contributed by atoms with Crippen LogP contribution in [-0.2, 0) is 4.79 Å². The van der Waals surface area contributed by atoms with Crippen LogP contribution in [0.5, 0.6) is 0 Å². The standard InChI is InChI=1S/C10H14ClNO3S/c1-6(13)12-5-4-7(14)10(15)8-2-3-9(11)16-8/h2-3,7,10,14-15H,4-5H2,1H3,(H,12,13). The first kappa shape index (κ1) is 13.4. The number of amides is 1. The van der Waals surface area contributed by atoms with Crippen molar-refractivity contribution >= 4 is 28.8 Å². The summed E-state index contributed by atoms with van der Waals surface area (Å²) in [6, 6.07) is 3.35. The number of thiophene rings is 1. The van der Waals surface area contributed by atoms with Crippen molar-refractivity contribution in [2.45, 2.75) is 25.6 Å². The van der Waals surface area contributed by atoms with E-state index < -0.39 is 12.2 Å². The number of halogens is 1. The number of carbonyl (C=O) groups is 1. The minimum Gasteiger partial charge on any atom is -0.390 e. The molecule has 2 unspecified atom stereocenters. The molecule has 1 heterocycles. The predicted octanol–water partition coefficient (Wildman–Crippen LogP) is 1.32. The average Bonchev–Trinajstić information content (AvgIpc) is 2.63. The first-order chi connectivity index (χ1) is 7.50. The van der Waals surface area contributed by atoms with Crippen LogP contribution in [0.15, 0.2) is 12.1 Å². The molecule has 1 amide bonds. The molecule has 0 aromatic carbocycles. The molecule has 0 radical (unpaired) electrons. The summed E-state index contributed by atoms with van der Waals surface area (Å²) in [4.78, 5) is 11.2. The van der Waals surface area contributed by atoms with Crippen LogP contribution in [0.4, 0.5) is 0 Å². The zero-order chi connectivity index (χ0) is 12.1. The molecule has 4 nitrogen and oxygen atoms in total. The third-order valence-electron chi connectivity index (χ3n) is 2.06. The summed E-state index contributed by atoms with van der Waals surface area (Å²) in [6.45, 7) is 1.74.